The zero-order valence-electron chi connectivity index (χ0n) is 11.5. The molecule has 104 valence electrons. The van der Waals surface area contributed by atoms with E-state index in [4.69, 9.17) is 0 Å². The summed E-state index contributed by atoms with van der Waals surface area (Å²) in [7, 11) is 0. The van der Waals surface area contributed by atoms with E-state index in [2.05, 4.69) is 25.7 Å². The number of rotatable bonds is 4. The molecule has 3 fully saturated rings. The monoisotopic (exact) mass is 314 g/mol. The molecule has 0 aromatic rings. The van der Waals surface area contributed by atoms with Crippen molar-refractivity contribution < 1.29 is 0 Å². The first-order valence-electron chi connectivity index (χ1n) is 7.86. The Hall–Kier alpha value is 0.400. The van der Waals surface area contributed by atoms with Gasteiger partial charge in [-0.3, -0.25) is 0 Å². The van der Waals surface area contributed by atoms with Crippen LogP contribution in [0.5, 0.6) is 0 Å². The molecule has 0 radical (unpaired) electrons. The molecular formula is C15H27BrN2. The van der Waals surface area contributed by atoms with Crippen molar-refractivity contribution in [2.75, 3.05) is 44.6 Å². The van der Waals surface area contributed by atoms with E-state index in [1.165, 1.54) is 45.7 Å². The van der Waals surface area contributed by atoms with Gasteiger partial charge in [0.05, 0.1) is 0 Å². The largest absolute Gasteiger partial charge is 0.302 e. The van der Waals surface area contributed by atoms with Gasteiger partial charge < -0.3 is 9.80 Å². The summed E-state index contributed by atoms with van der Waals surface area (Å²) in [5.41, 5.74) is 0. The van der Waals surface area contributed by atoms with Crippen LogP contribution in [0.15, 0.2) is 0 Å². The number of nitrogens with zero attached hydrogens (tertiary/aromatic N) is 2. The maximum absolute atomic E-state index is 3.56. The SMILES string of the molecule is BrCCN1CCCN(CC2CC3CCC2C3)CC1. The number of hydrogen-bond acceptors (Lipinski definition) is 2. The third-order valence-electron chi connectivity index (χ3n) is 5.46. The first-order chi connectivity index (χ1) is 8.85. The standard InChI is InChI=1S/C15H27BrN2/c16-4-7-17-5-1-6-18(9-8-17)12-15-11-13-2-3-14(15)10-13/h13-15H,1-12H2. The Labute approximate surface area is 120 Å². The van der Waals surface area contributed by atoms with Gasteiger partial charge in [-0.2, -0.15) is 0 Å². The average Bonchev–Trinajstić information content (AvgIpc) is 2.91. The molecule has 1 heterocycles. The van der Waals surface area contributed by atoms with Crippen LogP contribution in [-0.2, 0) is 0 Å². The molecule has 3 rings (SSSR count). The van der Waals surface area contributed by atoms with E-state index < -0.39 is 0 Å². The Bertz CT molecular complexity index is 271. The first-order valence-corrected chi connectivity index (χ1v) is 8.98. The lowest BCUT2D eigenvalue weighted by molar-refractivity contribution is 0.192. The molecule has 3 unspecified atom stereocenters. The fourth-order valence-electron chi connectivity index (χ4n) is 4.48. The molecule has 2 saturated carbocycles. The molecule has 18 heavy (non-hydrogen) atoms. The third kappa shape index (κ3) is 3.10. The van der Waals surface area contributed by atoms with E-state index in [1.807, 2.05) is 0 Å². The van der Waals surface area contributed by atoms with Crippen molar-refractivity contribution in [3.63, 3.8) is 0 Å². The zero-order valence-corrected chi connectivity index (χ0v) is 13.1. The summed E-state index contributed by atoms with van der Waals surface area (Å²) < 4.78 is 0. The van der Waals surface area contributed by atoms with Crippen molar-refractivity contribution in [1.82, 2.24) is 9.80 Å². The second-order valence-electron chi connectivity index (χ2n) is 6.62. The van der Waals surface area contributed by atoms with Crippen molar-refractivity contribution in [2.24, 2.45) is 17.8 Å². The van der Waals surface area contributed by atoms with Crippen molar-refractivity contribution >= 4 is 15.9 Å². The van der Waals surface area contributed by atoms with E-state index in [1.54, 1.807) is 25.7 Å². The van der Waals surface area contributed by atoms with Crippen LogP contribution < -0.4 is 0 Å². The summed E-state index contributed by atoms with van der Waals surface area (Å²) in [6.45, 7) is 7.87. The van der Waals surface area contributed by atoms with Gasteiger partial charge in [0.2, 0.25) is 0 Å². The summed E-state index contributed by atoms with van der Waals surface area (Å²) in [4.78, 5) is 5.38. The molecule has 0 amide bonds. The van der Waals surface area contributed by atoms with Crippen molar-refractivity contribution in [3.05, 3.63) is 0 Å². The summed E-state index contributed by atoms with van der Waals surface area (Å²) >= 11 is 3.56. The Balaban J connectivity index is 1.45. The Morgan fingerprint density at radius 3 is 2.50 bits per heavy atom. The van der Waals surface area contributed by atoms with Gasteiger partial charge in [0.1, 0.15) is 0 Å². The van der Waals surface area contributed by atoms with Crippen LogP contribution in [0.2, 0.25) is 0 Å². The molecule has 3 atom stereocenters. The van der Waals surface area contributed by atoms with E-state index in [9.17, 15) is 0 Å². The maximum atomic E-state index is 3.56. The molecule has 1 saturated heterocycles. The highest BCUT2D eigenvalue weighted by atomic mass is 79.9. The highest BCUT2D eigenvalue weighted by molar-refractivity contribution is 9.09. The lowest BCUT2D eigenvalue weighted by Gasteiger charge is -2.29. The lowest BCUT2D eigenvalue weighted by atomic mass is 9.88. The van der Waals surface area contributed by atoms with Gasteiger partial charge in [-0.15, -0.1) is 0 Å². The molecular weight excluding hydrogens is 288 g/mol. The Morgan fingerprint density at radius 2 is 1.78 bits per heavy atom. The lowest BCUT2D eigenvalue weighted by Crippen LogP contribution is -2.35. The van der Waals surface area contributed by atoms with E-state index in [0.717, 1.165) is 23.1 Å². The van der Waals surface area contributed by atoms with Gasteiger partial charge >= 0.3 is 0 Å². The Kier molecular flexibility index (Phi) is 4.64. The van der Waals surface area contributed by atoms with Crippen LogP contribution in [0.4, 0.5) is 0 Å². The molecule has 2 nitrogen and oxygen atoms in total. The minimum absolute atomic E-state index is 1.05. The van der Waals surface area contributed by atoms with Crippen LogP contribution in [0.25, 0.3) is 0 Å². The van der Waals surface area contributed by atoms with Crippen LogP contribution in [0, 0.1) is 17.8 Å². The molecule has 3 heteroatoms. The fourth-order valence-corrected chi connectivity index (χ4v) is 4.98. The quantitative estimate of drug-likeness (QED) is 0.736. The maximum Gasteiger partial charge on any atom is 0.0159 e. The predicted molar refractivity (Wildman–Crippen MR) is 80.2 cm³/mol. The van der Waals surface area contributed by atoms with Crippen molar-refractivity contribution in [3.8, 4) is 0 Å². The predicted octanol–water partition coefficient (Wildman–Crippen LogP) is 2.83. The van der Waals surface area contributed by atoms with E-state index in [-0.39, 0.29) is 0 Å². The smallest absolute Gasteiger partial charge is 0.0159 e. The summed E-state index contributed by atoms with van der Waals surface area (Å²) in [6.07, 6.45) is 7.56. The average molecular weight is 315 g/mol. The van der Waals surface area contributed by atoms with Gasteiger partial charge in [-0.05, 0) is 56.5 Å². The summed E-state index contributed by atoms with van der Waals surface area (Å²) in [6, 6.07) is 0. The third-order valence-corrected chi connectivity index (χ3v) is 5.81. The number of alkyl halides is 1. The van der Waals surface area contributed by atoms with E-state index in [0.29, 0.717) is 0 Å². The summed E-state index contributed by atoms with van der Waals surface area (Å²) in [5.74, 6) is 3.25. The minimum atomic E-state index is 1.05. The van der Waals surface area contributed by atoms with Crippen LogP contribution in [0.3, 0.4) is 0 Å². The van der Waals surface area contributed by atoms with Gasteiger partial charge in [-0.25, -0.2) is 0 Å². The van der Waals surface area contributed by atoms with Crippen LogP contribution in [-0.4, -0.2) is 54.4 Å². The van der Waals surface area contributed by atoms with Gasteiger partial charge in [0, 0.05) is 31.5 Å². The highest BCUT2D eigenvalue weighted by Gasteiger charge is 2.39. The number of fused-ring (bicyclic) bond motifs is 2. The second-order valence-corrected chi connectivity index (χ2v) is 7.41. The molecule has 2 aliphatic carbocycles. The zero-order chi connectivity index (χ0) is 12.4. The van der Waals surface area contributed by atoms with Gasteiger partial charge in [0.25, 0.3) is 0 Å². The fraction of sp³-hybridized carbons (Fsp3) is 1.00. The molecule has 0 aromatic heterocycles. The van der Waals surface area contributed by atoms with Crippen molar-refractivity contribution in [2.45, 2.75) is 32.1 Å². The highest BCUT2D eigenvalue weighted by Crippen LogP contribution is 2.48. The molecule has 3 aliphatic rings. The van der Waals surface area contributed by atoms with Crippen LogP contribution >= 0.6 is 15.9 Å². The van der Waals surface area contributed by atoms with Gasteiger partial charge in [0.15, 0.2) is 0 Å². The summed E-state index contributed by atoms with van der Waals surface area (Å²) in [5, 5.41) is 1.12. The van der Waals surface area contributed by atoms with Crippen LogP contribution in [0.1, 0.15) is 32.1 Å². The Morgan fingerprint density at radius 1 is 0.944 bits per heavy atom. The first kappa shape index (κ1) is 13.4. The van der Waals surface area contributed by atoms with E-state index >= 15 is 0 Å². The van der Waals surface area contributed by atoms with Crippen molar-refractivity contribution in [1.29, 1.82) is 0 Å². The van der Waals surface area contributed by atoms with Gasteiger partial charge in [-0.1, -0.05) is 22.4 Å². The molecule has 1 aliphatic heterocycles. The molecule has 2 bridgehead atoms. The molecule has 0 spiro atoms. The second kappa shape index (κ2) is 6.23. The normalized spacial score (nSPS) is 38.2. The molecule has 0 N–H and O–H groups in total. The topological polar surface area (TPSA) is 6.48 Å². The number of hydrogen-bond donors (Lipinski definition) is 0. The molecule has 0 aromatic carbocycles. The minimum Gasteiger partial charge on any atom is -0.302 e. The number of halogens is 1.